The second-order valence-corrected chi connectivity index (χ2v) is 8.15. The van der Waals surface area contributed by atoms with E-state index < -0.39 is 20.9 Å². The number of ether oxygens (including phenoxy) is 2. The highest BCUT2D eigenvalue weighted by molar-refractivity contribution is 8.72. The molecule has 7 heteroatoms. The Bertz CT molecular complexity index is 554. The zero-order valence-electron chi connectivity index (χ0n) is 11.7. The van der Waals surface area contributed by atoms with E-state index >= 15 is 0 Å². The molecule has 1 aromatic carbocycles. The van der Waals surface area contributed by atoms with Gasteiger partial charge < -0.3 is 9.47 Å². The molecule has 0 aliphatic heterocycles. The van der Waals surface area contributed by atoms with Crippen LogP contribution in [0.15, 0.2) is 29.2 Å². The van der Waals surface area contributed by atoms with E-state index in [1.54, 1.807) is 38.1 Å². The highest BCUT2D eigenvalue weighted by Gasteiger charge is 2.21. The summed E-state index contributed by atoms with van der Waals surface area (Å²) in [4.78, 5) is 12.1. The molecule has 0 radical (unpaired) electrons. The van der Waals surface area contributed by atoms with E-state index in [1.807, 2.05) is 0 Å². The summed E-state index contributed by atoms with van der Waals surface area (Å²) in [6.07, 6.45) is -0.401. The van der Waals surface area contributed by atoms with Crippen LogP contribution in [0.5, 0.6) is 0 Å². The van der Waals surface area contributed by atoms with Gasteiger partial charge in [0.25, 0.3) is 0 Å². The van der Waals surface area contributed by atoms with Crippen LogP contribution >= 0.6 is 10.8 Å². The highest BCUT2D eigenvalue weighted by atomic mass is 33.1. The molecule has 0 N–H and O–H groups in total. The van der Waals surface area contributed by atoms with Crippen LogP contribution in [0.3, 0.4) is 0 Å². The molecular formula is C13H18O5S2. The zero-order valence-corrected chi connectivity index (χ0v) is 13.3. The Morgan fingerprint density at radius 3 is 2.60 bits per heavy atom. The Labute approximate surface area is 123 Å². The van der Waals surface area contributed by atoms with Crippen molar-refractivity contribution in [2.24, 2.45) is 0 Å². The summed E-state index contributed by atoms with van der Waals surface area (Å²) in [6, 6.07) is 6.49. The van der Waals surface area contributed by atoms with Crippen LogP contribution < -0.4 is 0 Å². The van der Waals surface area contributed by atoms with Gasteiger partial charge in [-0.15, -0.1) is 0 Å². The van der Waals surface area contributed by atoms with Crippen LogP contribution in [0, 0.1) is 0 Å². The third-order valence-electron chi connectivity index (χ3n) is 2.44. The highest BCUT2D eigenvalue weighted by Crippen LogP contribution is 2.29. The summed E-state index contributed by atoms with van der Waals surface area (Å²) in [5.41, 5.74) is 0.257. The fourth-order valence-electron chi connectivity index (χ4n) is 1.44. The molecule has 0 fully saturated rings. The van der Waals surface area contributed by atoms with Crippen LogP contribution in [0.25, 0.3) is 0 Å². The van der Waals surface area contributed by atoms with Gasteiger partial charge in [0.15, 0.2) is 0 Å². The first-order valence-corrected chi connectivity index (χ1v) is 9.09. The maximum Gasteiger partial charge on any atom is 0.339 e. The molecular weight excluding hydrogens is 300 g/mol. The molecule has 0 aromatic heterocycles. The number of hydrogen-bond donors (Lipinski definition) is 0. The summed E-state index contributed by atoms with van der Waals surface area (Å²) >= 11 is 0. The van der Waals surface area contributed by atoms with E-state index in [0.717, 1.165) is 0 Å². The van der Waals surface area contributed by atoms with E-state index in [-0.39, 0.29) is 17.9 Å². The molecule has 0 aliphatic carbocycles. The number of esters is 1. The quantitative estimate of drug-likeness (QED) is 0.567. The van der Waals surface area contributed by atoms with E-state index in [0.29, 0.717) is 15.7 Å². The second-order valence-electron chi connectivity index (χ2n) is 4.07. The van der Waals surface area contributed by atoms with Gasteiger partial charge in [0.05, 0.1) is 24.0 Å². The van der Waals surface area contributed by atoms with Gasteiger partial charge in [0.1, 0.15) is 0 Å². The SMILES string of the molecule is CCOC(=O)c1ccccc1SS(=O)(=O)CC(C)OC. The Balaban J connectivity index is 2.95. The molecule has 0 saturated carbocycles. The van der Waals surface area contributed by atoms with Gasteiger partial charge in [-0.25, -0.2) is 13.2 Å². The minimum absolute atomic E-state index is 0.120. The Kier molecular flexibility index (Phi) is 6.51. The van der Waals surface area contributed by atoms with Crippen molar-refractivity contribution < 1.29 is 22.7 Å². The van der Waals surface area contributed by atoms with E-state index in [9.17, 15) is 13.2 Å². The van der Waals surface area contributed by atoms with Crippen molar-refractivity contribution >= 4 is 25.6 Å². The fourth-order valence-corrected chi connectivity index (χ4v) is 4.91. The number of hydrogen-bond acceptors (Lipinski definition) is 6. The number of carbonyl (C=O) groups is 1. The van der Waals surface area contributed by atoms with Crippen molar-refractivity contribution in [2.45, 2.75) is 24.8 Å². The minimum Gasteiger partial charge on any atom is -0.462 e. The van der Waals surface area contributed by atoms with Crippen LogP contribution in [-0.4, -0.2) is 40.0 Å². The molecule has 0 amide bonds. The summed E-state index contributed by atoms with van der Waals surface area (Å²) in [7, 11) is -1.32. The molecule has 0 saturated heterocycles. The lowest BCUT2D eigenvalue weighted by Crippen LogP contribution is -2.17. The molecule has 0 spiro atoms. The maximum absolute atomic E-state index is 12.0. The summed E-state index contributed by atoms with van der Waals surface area (Å²) in [6.45, 7) is 3.62. The molecule has 20 heavy (non-hydrogen) atoms. The van der Waals surface area contributed by atoms with Crippen LogP contribution in [0.2, 0.25) is 0 Å². The van der Waals surface area contributed by atoms with Crippen LogP contribution in [0.4, 0.5) is 0 Å². The monoisotopic (exact) mass is 318 g/mol. The average molecular weight is 318 g/mol. The standard InChI is InChI=1S/C13H18O5S2/c1-4-18-13(14)11-7-5-6-8-12(11)19-20(15,16)9-10(2)17-3/h5-8,10H,4,9H2,1-3H3. The topological polar surface area (TPSA) is 69.7 Å². The largest absolute Gasteiger partial charge is 0.462 e. The van der Waals surface area contributed by atoms with E-state index in [1.165, 1.54) is 7.11 Å². The van der Waals surface area contributed by atoms with Crippen molar-refractivity contribution in [2.75, 3.05) is 19.5 Å². The van der Waals surface area contributed by atoms with Crippen molar-refractivity contribution in [3.05, 3.63) is 29.8 Å². The molecule has 1 aromatic rings. The van der Waals surface area contributed by atoms with Crippen LogP contribution in [-0.2, 0) is 18.3 Å². The molecule has 112 valence electrons. The van der Waals surface area contributed by atoms with Gasteiger partial charge in [-0.1, -0.05) is 12.1 Å². The lowest BCUT2D eigenvalue weighted by molar-refractivity contribution is 0.0522. The molecule has 1 unspecified atom stereocenters. The van der Waals surface area contributed by atoms with Crippen molar-refractivity contribution in [3.8, 4) is 0 Å². The first-order valence-electron chi connectivity index (χ1n) is 6.10. The van der Waals surface area contributed by atoms with Crippen molar-refractivity contribution in [1.82, 2.24) is 0 Å². The molecule has 5 nitrogen and oxygen atoms in total. The van der Waals surface area contributed by atoms with Gasteiger partial charge in [-0.3, -0.25) is 0 Å². The Morgan fingerprint density at radius 1 is 1.35 bits per heavy atom. The van der Waals surface area contributed by atoms with Gasteiger partial charge >= 0.3 is 5.97 Å². The lowest BCUT2D eigenvalue weighted by Gasteiger charge is -2.11. The van der Waals surface area contributed by atoms with Crippen molar-refractivity contribution in [3.63, 3.8) is 0 Å². The Morgan fingerprint density at radius 2 is 2.00 bits per heavy atom. The zero-order chi connectivity index (χ0) is 15.2. The summed E-state index contributed by atoms with van der Waals surface area (Å²) < 4.78 is 33.9. The normalized spacial score (nSPS) is 12.9. The predicted molar refractivity (Wildman–Crippen MR) is 78.5 cm³/mol. The number of carbonyl (C=O) groups excluding carboxylic acids is 1. The molecule has 1 rings (SSSR count). The second kappa shape index (κ2) is 7.66. The third-order valence-corrected chi connectivity index (χ3v) is 5.82. The van der Waals surface area contributed by atoms with Gasteiger partial charge in [0.2, 0.25) is 8.87 Å². The first-order chi connectivity index (χ1) is 9.39. The number of benzene rings is 1. The summed E-state index contributed by atoms with van der Waals surface area (Å²) in [5, 5.41) is 0. The number of methoxy groups -OCH3 is 1. The molecule has 0 aliphatic rings. The molecule has 0 bridgehead atoms. The predicted octanol–water partition coefficient (Wildman–Crippen LogP) is 2.32. The van der Waals surface area contributed by atoms with E-state index in [4.69, 9.17) is 9.47 Å². The lowest BCUT2D eigenvalue weighted by atomic mass is 10.2. The maximum atomic E-state index is 12.0. The van der Waals surface area contributed by atoms with Gasteiger partial charge in [0, 0.05) is 22.8 Å². The third kappa shape index (κ3) is 5.15. The van der Waals surface area contributed by atoms with Gasteiger partial charge in [-0.2, -0.15) is 0 Å². The minimum atomic E-state index is -3.43. The first kappa shape index (κ1) is 17.0. The average Bonchev–Trinajstić information content (AvgIpc) is 2.38. The smallest absolute Gasteiger partial charge is 0.339 e. The van der Waals surface area contributed by atoms with E-state index in [2.05, 4.69) is 0 Å². The molecule has 1 atom stereocenters. The van der Waals surface area contributed by atoms with Crippen molar-refractivity contribution in [1.29, 1.82) is 0 Å². The van der Waals surface area contributed by atoms with Crippen LogP contribution in [0.1, 0.15) is 24.2 Å². The molecule has 0 heterocycles. The Hall–Kier alpha value is -1.05. The fraction of sp³-hybridized carbons (Fsp3) is 0.462. The summed E-state index contributed by atoms with van der Waals surface area (Å²) in [5.74, 6) is -0.642. The van der Waals surface area contributed by atoms with Gasteiger partial charge in [-0.05, 0) is 26.0 Å². The number of rotatable bonds is 7.